The minimum absolute atomic E-state index is 0. The van der Waals surface area contributed by atoms with Gasteiger partial charge in [0.25, 0.3) is 23.6 Å². The van der Waals surface area contributed by atoms with Crippen molar-refractivity contribution >= 4 is 71.0 Å². The van der Waals surface area contributed by atoms with Crippen molar-refractivity contribution in [3.8, 4) is 0 Å². The summed E-state index contributed by atoms with van der Waals surface area (Å²) in [5, 5.41) is 20.7. The van der Waals surface area contributed by atoms with E-state index in [1.54, 1.807) is 71.2 Å². The molecule has 0 aliphatic rings. The molecule has 8 N–H and O–H groups in total. The normalized spacial score (nSPS) is 10.4. The monoisotopic (exact) mass is 639 g/mol. The number of amidine groups is 1. The van der Waals surface area contributed by atoms with Crippen LogP contribution >= 0.6 is 12.4 Å². The first-order valence-electron chi connectivity index (χ1n) is 13.3. The van der Waals surface area contributed by atoms with E-state index in [1.807, 2.05) is 0 Å². The van der Waals surface area contributed by atoms with E-state index in [0.717, 1.165) is 0 Å². The molecule has 0 radical (unpaired) electrons. The van der Waals surface area contributed by atoms with Gasteiger partial charge in [-0.3, -0.25) is 29.4 Å². The second-order valence-electron chi connectivity index (χ2n) is 10.1. The minimum atomic E-state index is -0.467. The summed E-state index contributed by atoms with van der Waals surface area (Å²) in [4.78, 5) is 62.0. The van der Waals surface area contributed by atoms with E-state index >= 15 is 0 Å². The van der Waals surface area contributed by atoms with E-state index in [0.29, 0.717) is 40.5 Å². The van der Waals surface area contributed by atoms with Gasteiger partial charge in [-0.1, -0.05) is 0 Å². The lowest BCUT2D eigenvalue weighted by Gasteiger charge is -2.04. The summed E-state index contributed by atoms with van der Waals surface area (Å²) >= 11 is 0. The highest BCUT2D eigenvalue weighted by Gasteiger charge is 2.20. The van der Waals surface area contributed by atoms with Crippen LogP contribution in [0.1, 0.15) is 48.4 Å². The number of carbonyl (C=O) groups is 5. The molecular formula is C28H34ClN11O5. The van der Waals surface area contributed by atoms with Gasteiger partial charge in [0.15, 0.2) is 0 Å². The van der Waals surface area contributed by atoms with E-state index in [4.69, 9.17) is 11.1 Å². The Morgan fingerprint density at radius 1 is 0.667 bits per heavy atom. The fraction of sp³-hybridized carbons (Fsp3) is 0.214. The van der Waals surface area contributed by atoms with Gasteiger partial charge in [-0.25, -0.2) is 0 Å². The van der Waals surface area contributed by atoms with Crippen molar-refractivity contribution in [2.45, 2.75) is 6.42 Å². The number of amides is 5. The number of nitrogens with one attached hydrogen (secondary N) is 6. The molecule has 0 atom stereocenters. The summed E-state index contributed by atoms with van der Waals surface area (Å²) < 4.78 is 6.23. The first-order valence-corrected chi connectivity index (χ1v) is 13.3. The molecule has 0 saturated heterocycles. The van der Waals surface area contributed by atoms with Crippen LogP contribution in [-0.4, -0.2) is 60.7 Å². The molecule has 0 spiro atoms. The molecule has 0 bridgehead atoms. The summed E-state index contributed by atoms with van der Waals surface area (Å²) in [6.07, 6.45) is 7.10. The average molecular weight is 640 g/mol. The molecule has 4 aromatic heterocycles. The predicted octanol–water partition coefficient (Wildman–Crippen LogP) is 1.84. The van der Waals surface area contributed by atoms with Gasteiger partial charge in [0.1, 0.15) is 22.8 Å². The predicted molar refractivity (Wildman–Crippen MR) is 171 cm³/mol. The number of nitrogens with zero attached hydrogens (tertiary/aromatic N) is 4. The Balaban J connectivity index is 0.00000552. The number of aryl methyl sites for hydroxylation is 4. The van der Waals surface area contributed by atoms with E-state index in [-0.39, 0.29) is 48.5 Å². The minimum Gasteiger partial charge on any atom is -0.388 e. The van der Waals surface area contributed by atoms with Crippen molar-refractivity contribution in [1.82, 2.24) is 23.6 Å². The molecule has 0 aliphatic heterocycles. The average Bonchev–Trinajstić information content (AvgIpc) is 3.69. The first kappa shape index (κ1) is 33.7. The fourth-order valence-corrected chi connectivity index (χ4v) is 4.50. The molecular weight excluding hydrogens is 606 g/mol. The summed E-state index contributed by atoms with van der Waals surface area (Å²) in [7, 11) is 6.64. The Kier molecular flexibility index (Phi) is 10.6. The third kappa shape index (κ3) is 7.99. The lowest BCUT2D eigenvalue weighted by molar-refractivity contribution is -0.105. The van der Waals surface area contributed by atoms with Crippen molar-refractivity contribution in [3.05, 3.63) is 71.8 Å². The zero-order valence-electron chi connectivity index (χ0n) is 24.9. The molecule has 0 unspecified atom stereocenters. The Bertz CT molecular complexity index is 1780. The smallest absolute Gasteiger partial charge is 0.272 e. The quantitative estimate of drug-likeness (QED) is 0.0697. The van der Waals surface area contributed by atoms with Gasteiger partial charge in [-0.15, -0.1) is 12.4 Å². The summed E-state index contributed by atoms with van der Waals surface area (Å²) in [5.74, 6) is -1.76. The first-order chi connectivity index (χ1) is 20.9. The molecule has 0 saturated carbocycles. The highest BCUT2D eigenvalue weighted by Crippen LogP contribution is 2.21. The van der Waals surface area contributed by atoms with Crippen molar-refractivity contribution in [2.24, 2.45) is 33.9 Å². The topological polar surface area (TPSA) is 215 Å². The molecule has 4 heterocycles. The van der Waals surface area contributed by atoms with Gasteiger partial charge < -0.3 is 50.6 Å². The lowest BCUT2D eigenvalue weighted by atomic mass is 10.3. The van der Waals surface area contributed by atoms with Crippen LogP contribution in [0.5, 0.6) is 0 Å². The van der Waals surface area contributed by atoms with Crippen LogP contribution in [0.2, 0.25) is 0 Å². The van der Waals surface area contributed by atoms with E-state index in [9.17, 15) is 24.0 Å². The number of hydrogen-bond donors (Lipinski definition) is 7. The van der Waals surface area contributed by atoms with E-state index < -0.39 is 17.7 Å². The summed E-state index contributed by atoms with van der Waals surface area (Å²) in [5.41, 5.74) is 8.05. The Labute approximate surface area is 263 Å². The van der Waals surface area contributed by atoms with Crippen molar-refractivity contribution < 1.29 is 24.0 Å². The standard InChI is InChI=1S/C28H33N11O5.ClH/c1-36-11-16(32-15-40)7-21(36)26(42)34-18-9-23(38(3)13-18)28(44)35-19-10-22(39(4)14-19)27(43)33-17-8-20(37(2)12-17)25(41)31-6-5-24(29)30;/h7-15H,5-6H2,1-4H3,(H3,29,30)(H,31,41)(H,32,40)(H,33,43)(H,34,42)(H,35,44);1H. The van der Waals surface area contributed by atoms with Gasteiger partial charge in [-0.05, 0) is 24.3 Å². The number of rotatable bonds is 12. The molecule has 4 aromatic rings. The van der Waals surface area contributed by atoms with Crippen LogP contribution < -0.4 is 32.3 Å². The van der Waals surface area contributed by atoms with E-state index in [2.05, 4.69) is 26.6 Å². The van der Waals surface area contributed by atoms with Crippen molar-refractivity contribution in [3.63, 3.8) is 0 Å². The van der Waals surface area contributed by atoms with Gasteiger partial charge in [0, 0.05) is 65.9 Å². The van der Waals surface area contributed by atoms with Gasteiger partial charge in [0.05, 0.1) is 28.6 Å². The second kappa shape index (κ2) is 14.1. The Morgan fingerprint density at radius 3 is 1.36 bits per heavy atom. The summed E-state index contributed by atoms with van der Waals surface area (Å²) in [6, 6.07) is 6.07. The molecule has 0 aromatic carbocycles. The summed E-state index contributed by atoms with van der Waals surface area (Å²) in [6.45, 7) is 0.216. The largest absolute Gasteiger partial charge is 0.388 e. The van der Waals surface area contributed by atoms with Crippen LogP contribution in [0.25, 0.3) is 0 Å². The number of hydrogen-bond acceptors (Lipinski definition) is 6. The number of carbonyl (C=O) groups excluding carboxylic acids is 5. The maximum absolute atomic E-state index is 13.1. The SMILES string of the molecule is Cl.Cn1cc(NC(=O)c2cc(NC(=O)c3cc(NC(=O)c4cc(NC=O)cn4C)cn3C)cn2C)cc1C(=O)NCCC(=N)N. The van der Waals surface area contributed by atoms with Gasteiger partial charge in [0.2, 0.25) is 6.41 Å². The highest BCUT2D eigenvalue weighted by molar-refractivity contribution is 6.08. The maximum Gasteiger partial charge on any atom is 0.272 e. The Hall–Kier alpha value is -5.77. The Morgan fingerprint density at radius 2 is 1.00 bits per heavy atom. The molecule has 238 valence electrons. The van der Waals surface area contributed by atoms with Crippen LogP contribution in [0, 0.1) is 5.41 Å². The third-order valence-corrected chi connectivity index (χ3v) is 6.63. The van der Waals surface area contributed by atoms with Crippen LogP contribution in [0.3, 0.4) is 0 Å². The zero-order chi connectivity index (χ0) is 32.1. The molecule has 0 fully saturated rings. The third-order valence-electron chi connectivity index (χ3n) is 6.63. The van der Waals surface area contributed by atoms with Crippen LogP contribution in [-0.2, 0) is 33.0 Å². The molecule has 45 heavy (non-hydrogen) atoms. The number of nitrogens with two attached hydrogens (primary N) is 1. The van der Waals surface area contributed by atoms with Gasteiger partial charge >= 0.3 is 0 Å². The number of anilines is 4. The molecule has 0 aliphatic carbocycles. The lowest BCUT2D eigenvalue weighted by Crippen LogP contribution is -2.28. The fourth-order valence-electron chi connectivity index (χ4n) is 4.50. The second-order valence-corrected chi connectivity index (χ2v) is 10.1. The van der Waals surface area contributed by atoms with Crippen molar-refractivity contribution in [2.75, 3.05) is 27.8 Å². The molecule has 17 heteroatoms. The molecule has 4 rings (SSSR count). The maximum atomic E-state index is 13.1. The van der Waals surface area contributed by atoms with Crippen LogP contribution in [0.4, 0.5) is 22.7 Å². The van der Waals surface area contributed by atoms with Crippen molar-refractivity contribution in [1.29, 1.82) is 5.41 Å². The zero-order valence-corrected chi connectivity index (χ0v) is 25.7. The van der Waals surface area contributed by atoms with Crippen LogP contribution in [0.15, 0.2) is 49.1 Å². The number of halogens is 1. The molecule has 16 nitrogen and oxygen atoms in total. The highest BCUT2D eigenvalue weighted by atomic mass is 35.5. The van der Waals surface area contributed by atoms with E-state index in [1.165, 1.54) is 24.3 Å². The molecule has 5 amide bonds. The number of aromatic nitrogens is 4. The van der Waals surface area contributed by atoms with Gasteiger partial charge in [-0.2, -0.15) is 0 Å².